The number of benzene rings is 1. The molecular formula is C13H18FNO. The van der Waals surface area contributed by atoms with Crippen molar-refractivity contribution in [1.82, 2.24) is 4.90 Å². The Morgan fingerprint density at radius 2 is 2.19 bits per heavy atom. The molecule has 0 bridgehead atoms. The van der Waals surface area contributed by atoms with Gasteiger partial charge in [-0.3, -0.25) is 4.90 Å². The van der Waals surface area contributed by atoms with Crippen LogP contribution in [0.4, 0.5) is 4.39 Å². The lowest BCUT2D eigenvalue weighted by molar-refractivity contribution is 0.211. The summed E-state index contributed by atoms with van der Waals surface area (Å²) in [7, 11) is 0. The van der Waals surface area contributed by atoms with E-state index in [4.69, 9.17) is 5.11 Å². The standard InChI is InChI=1S/C13H18FNO/c14-12-4-1-3-11(9-12)10-15(7-2-8-16)13-5-6-13/h1,3-4,9,13,16H,2,5-8,10H2. The third kappa shape index (κ3) is 3.29. The van der Waals surface area contributed by atoms with E-state index in [1.54, 1.807) is 12.1 Å². The van der Waals surface area contributed by atoms with Gasteiger partial charge in [-0.1, -0.05) is 12.1 Å². The maximum Gasteiger partial charge on any atom is 0.123 e. The molecule has 1 saturated carbocycles. The van der Waals surface area contributed by atoms with E-state index in [1.165, 1.54) is 18.9 Å². The Labute approximate surface area is 95.7 Å². The Balaban J connectivity index is 1.94. The maximum atomic E-state index is 13.0. The normalized spacial score (nSPS) is 15.7. The van der Waals surface area contributed by atoms with E-state index in [0.717, 1.165) is 25.1 Å². The van der Waals surface area contributed by atoms with Crippen LogP contribution in [-0.2, 0) is 6.54 Å². The van der Waals surface area contributed by atoms with Gasteiger partial charge in [0.05, 0.1) is 0 Å². The van der Waals surface area contributed by atoms with Gasteiger partial charge in [0.25, 0.3) is 0 Å². The van der Waals surface area contributed by atoms with Gasteiger partial charge in [-0.15, -0.1) is 0 Å². The predicted molar refractivity (Wildman–Crippen MR) is 61.5 cm³/mol. The highest BCUT2D eigenvalue weighted by Crippen LogP contribution is 2.28. The van der Waals surface area contributed by atoms with E-state index in [-0.39, 0.29) is 12.4 Å². The van der Waals surface area contributed by atoms with Gasteiger partial charge < -0.3 is 5.11 Å². The molecule has 0 saturated heterocycles. The zero-order valence-electron chi connectivity index (χ0n) is 9.40. The molecule has 0 aromatic heterocycles. The number of aliphatic hydroxyl groups excluding tert-OH is 1. The first-order valence-corrected chi connectivity index (χ1v) is 5.89. The molecule has 0 unspecified atom stereocenters. The molecule has 1 aromatic carbocycles. The lowest BCUT2D eigenvalue weighted by atomic mass is 10.2. The molecule has 1 aliphatic carbocycles. The summed E-state index contributed by atoms with van der Waals surface area (Å²) in [5.41, 5.74) is 1.02. The molecule has 0 amide bonds. The molecule has 1 aromatic rings. The molecule has 0 radical (unpaired) electrons. The van der Waals surface area contributed by atoms with E-state index in [2.05, 4.69) is 4.90 Å². The van der Waals surface area contributed by atoms with Crippen molar-refractivity contribution in [3.63, 3.8) is 0 Å². The summed E-state index contributed by atoms with van der Waals surface area (Å²) in [6.07, 6.45) is 3.27. The minimum absolute atomic E-state index is 0.171. The number of hydrogen-bond donors (Lipinski definition) is 1. The monoisotopic (exact) mass is 223 g/mol. The lowest BCUT2D eigenvalue weighted by Crippen LogP contribution is -2.27. The largest absolute Gasteiger partial charge is 0.396 e. The number of rotatable bonds is 6. The van der Waals surface area contributed by atoms with Gasteiger partial charge in [0.15, 0.2) is 0 Å². The van der Waals surface area contributed by atoms with E-state index in [1.807, 2.05) is 6.07 Å². The van der Waals surface area contributed by atoms with Gasteiger partial charge in [0.1, 0.15) is 5.82 Å². The zero-order chi connectivity index (χ0) is 11.4. The second-order valence-corrected chi connectivity index (χ2v) is 4.41. The van der Waals surface area contributed by atoms with Crippen LogP contribution >= 0.6 is 0 Å². The van der Waals surface area contributed by atoms with Crippen molar-refractivity contribution in [1.29, 1.82) is 0 Å². The summed E-state index contributed by atoms with van der Waals surface area (Å²) >= 11 is 0. The van der Waals surface area contributed by atoms with Gasteiger partial charge in [-0.05, 0) is 37.0 Å². The van der Waals surface area contributed by atoms with Gasteiger partial charge in [0, 0.05) is 25.7 Å². The summed E-state index contributed by atoms with van der Waals surface area (Å²) < 4.78 is 13.0. The Bertz CT molecular complexity index is 338. The third-order valence-electron chi connectivity index (χ3n) is 2.94. The van der Waals surface area contributed by atoms with Crippen LogP contribution < -0.4 is 0 Å². The van der Waals surface area contributed by atoms with E-state index >= 15 is 0 Å². The lowest BCUT2D eigenvalue weighted by Gasteiger charge is -2.21. The molecule has 88 valence electrons. The summed E-state index contributed by atoms with van der Waals surface area (Å²) in [5, 5.41) is 8.84. The van der Waals surface area contributed by atoms with Crippen LogP contribution in [-0.4, -0.2) is 29.2 Å². The Morgan fingerprint density at radius 1 is 1.38 bits per heavy atom. The first kappa shape index (κ1) is 11.6. The van der Waals surface area contributed by atoms with Gasteiger partial charge in [-0.25, -0.2) is 4.39 Å². The molecule has 0 atom stereocenters. The molecule has 0 aliphatic heterocycles. The zero-order valence-corrected chi connectivity index (χ0v) is 9.40. The highest BCUT2D eigenvalue weighted by Gasteiger charge is 2.28. The Kier molecular flexibility index (Phi) is 3.91. The molecule has 16 heavy (non-hydrogen) atoms. The minimum atomic E-state index is -0.171. The minimum Gasteiger partial charge on any atom is -0.396 e. The first-order valence-electron chi connectivity index (χ1n) is 5.89. The summed E-state index contributed by atoms with van der Waals surface area (Å²) in [5.74, 6) is -0.171. The molecule has 0 spiro atoms. The smallest absolute Gasteiger partial charge is 0.123 e. The quantitative estimate of drug-likeness (QED) is 0.799. The molecule has 0 heterocycles. The van der Waals surface area contributed by atoms with Crippen molar-refractivity contribution in [2.45, 2.75) is 31.8 Å². The van der Waals surface area contributed by atoms with E-state index < -0.39 is 0 Å². The molecule has 1 aliphatic rings. The topological polar surface area (TPSA) is 23.5 Å². The number of halogens is 1. The molecule has 1 N–H and O–H groups in total. The van der Waals surface area contributed by atoms with Crippen molar-refractivity contribution in [3.05, 3.63) is 35.6 Å². The first-order chi connectivity index (χ1) is 7.79. The van der Waals surface area contributed by atoms with Crippen LogP contribution in [0.5, 0.6) is 0 Å². The van der Waals surface area contributed by atoms with Crippen molar-refractivity contribution in [3.8, 4) is 0 Å². The second kappa shape index (κ2) is 5.41. The predicted octanol–water partition coefficient (Wildman–Crippen LogP) is 2.17. The fourth-order valence-corrected chi connectivity index (χ4v) is 1.97. The molecule has 2 nitrogen and oxygen atoms in total. The van der Waals surface area contributed by atoms with Crippen LogP contribution in [0.1, 0.15) is 24.8 Å². The fraction of sp³-hybridized carbons (Fsp3) is 0.538. The highest BCUT2D eigenvalue weighted by atomic mass is 19.1. The van der Waals surface area contributed by atoms with Crippen LogP contribution in [0, 0.1) is 5.82 Å². The maximum absolute atomic E-state index is 13.0. The van der Waals surface area contributed by atoms with Gasteiger partial charge >= 0.3 is 0 Å². The summed E-state index contributed by atoms with van der Waals surface area (Å²) in [6, 6.07) is 7.42. The third-order valence-corrected chi connectivity index (χ3v) is 2.94. The molecule has 1 fully saturated rings. The highest BCUT2D eigenvalue weighted by molar-refractivity contribution is 5.16. The van der Waals surface area contributed by atoms with Crippen molar-refractivity contribution in [2.75, 3.05) is 13.2 Å². The van der Waals surface area contributed by atoms with Crippen molar-refractivity contribution >= 4 is 0 Å². The molecule has 3 heteroatoms. The molecular weight excluding hydrogens is 205 g/mol. The summed E-state index contributed by atoms with van der Waals surface area (Å²) in [6.45, 7) is 1.92. The second-order valence-electron chi connectivity index (χ2n) is 4.41. The van der Waals surface area contributed by atoms with Gasteiger partial charge in [0.2, 0.25) is 0 Å². The van der Waals surface area contributed by atoms with E-state index in [9.17, 15) is 4.39 Å². The average molecular weight is 223 g/mol. The van der Waals surface area contributed by atoms with Crippen molar-refractivity contribution < 1.29 is 9.50 Å². The molecule has 2 rings (SSSR count). The average Bonchev–Trinajstić information content (AvgIpc) is 3.08. The summed E-state index contributed by atoms with van der Waals surface area (Å²) in [4.78, 5) is 2.34. The van der Waals surface area contributed by atoms with Crippen LogP contribution in [0.2, 0.25) is 0 Å². The number of nitrogens with zero attached hydrogens (tertiary/aromatic N) is 1. The SMILES string of the molecule is OCCCN(Cc1cccc(F)c1)C1CC1. The van der Waals surface area contributed by atoms with Crippen molar-refractivity contribution in [2.24, 2.45) is 0 Å². The Hall–Kier alpha value is -0.930. The number of aliphatic hydroxyl groups is 1. The number of hydrogen-bond acceptors (Lipinski definition) is 2. The van der Waals surface area contributed by atoms with Crippen LogP contribution in [0.15, 0.2) is 24.3 Å². The van der Waals surface area contributed by atoms with Gasteiger partial charge in [-0.2, -0.15) is 0 Å². The van der Waals surface area contributed by atoms with Crippen LogP contribution in [0.3, 0.4) is 0 Å². The van der Waals surface area contributed by atoms with E-state index in [0.29, 0.717) is 6.04 Å². The fourth-order valence-electron chi connectivity index (χ4n) is 1.97. The Morgan fingerprint density at radius 3 is 2.81 bits per heavy atom. The van der Waals surface area contributed by atoms with Crippen LogP contribution in [0.25, 0.3) is 0 Å².